The number of nitrogens with one attached hydrogen (secondary N) is 3. The lowest BCUT2D eigenvalue weighted by atomic mass is 10.2. The average Bonchev–Trinajstić information content (AvgIpc) is 2.52. The van der Waals surface area contributed by atoms with Crippen LogP contribution in [0.25, 0.3) is 0 Å². The van der Waals surface area contributed by atoms with Crippen LogP contribution < -0.4 is 20.7 Å². The van der Waals surface area contributed by atoms with Crippen molar-refractivity contribution in [2.24, 2.45) is 0 Å². The lowest BCUT2D eigenvalue weighted by Gasteiger charge is -2.24. The molecule has 0 aliphatic carbocycles. The van der Waals surface area contributed by atoms with Crippen molar-refractivity contribution in [3.05, 3.63) is 47.8 Å². The summed E-state index contributed by atoms with van der Waals surface area (Å²) in [5.74, 6) is 0.105. The summed E-state index contributed by atoms with van der Waals surface area (Å²) < 4.78 is 19.0. The third-order valence-electron chi connectivity index (χ3n) is 3.60. The number of hydrogen-bond acceptors (Lipinski definition) is 3. The molecular formula is C17H16FN3O2S. The van der Waals surface area contributed by atoms with E-state index < -0.39 is 6.10 Å². The Bertz CT molecular complexity index is 825. The molecule has 1 atom stereocenters. The number of thiocarbonyl (C=S) groups is 1. The molecule has 0 radical (unpaired) electrons. The highest BCUT2D eigenvalue weighted by molar-refractivity contribution is 7.80. The van der Waals surface area contributed by atoms with Crippen molar-refractivity contribution in [3.63, 3.8) is 0 Å². The minimum Gasteiger partial charge on any atom is -0.479 e. The Labute approximate surface area is 144 Å². The topological polar surface area (TPSA) is 62.4 Å². The summed E-state index contributed by atoms with van der Waals surface area (Å²) in [4.78, 5) is 11.7. The fraction of sp³-hybridized carbons (Fsp3) is 0.176. The zero-order valence-corrected chi connectivity index (χ0v) is 14.0. The van der Waals surface area contributed by atoms with Crippen molar-refractivity contribution in [1.82, 2.24) is 0 Å². The molecule has 24 heavy (non-hydrogen) atoms. The van der Waals surface area contributed by atoms with Gasteiger partial charge in [0, 0.05) is 11.4 Å². The number of anilines is 3. The summed E-state index contributed by atoms with van der Waals surface area (Å²) in [5.41, 5.74) is 2.38. The maximum absolute atomic E-state index is 13.6. The van der Waals surface area contributed by atoms with E-state index in [2.05, 4.69) is 16.0 Å². The summed E-state index contributed by atoms with van der Waals surface area (Å²) in [6.45, 7) is 3.38. The third-order valence-corrected chi connectivity index (χ3v) is 3.80. The number of benzene rings is 2. The molecule has 0 saturated heterocycles. The molecular weight excluding hydrogens is 329 g/mol. The number of carbonyl (C=O) groups is 1. The molecule has 0 fully saturated rings. The van der Waals surface area contributed by atoms with E-state index in [0.29, 0.717) is 33.5 Å². The Morgan fingerprint density at radius 1 is 1.21 bits per heavy atom. The van der Waals surface area contributed by atoms with Gasteiger partial charge in [-0.1, -0.05) is 6.07 Å². The first-order chi connectivity index (χ1) is 11.4. The van der Waals surface area contributed by atoms with Gasteiger partial charge in [-0.3, -0.25) is 4.79 Å². The van der Waals surface area contributed by atoms with E-state index in [1.807, 2.05) is 0 Å². The Morgan fingerprint density at radius 2 is 1.88 bits per heavy atom. The molecule has 2 aromatic carbocycles. The maximum atomic E-state index is 13.6. The van der Waals surface area contributed by atoms with E-state index >= 15 is 0 Å². The number of carbonyl (C=O) groups excluding carboxylic acids is 1. The number of hydrogen-bond donors (Lipinski definition) is 3. The molecule has 5 nitrogen and oxygen atoms in total. The summed E-state index contributed by atoms with van der Waals surface area (Å²) in [6.07, 6.45) is -0.518. The molecule has 3 N–H and O–H groups in total. The van der Waals surface area contributed by atoms with Gasteiger partial charge in [0.05, 0.1) is 5.69 Å². The van der Waals surface area contributed by atoms with E-state index in [1.54, 1.807) is 44.2 Å². The van der Waals surface area contributed by atoms with E-state index in [-0.39, 0.29) is 11.7 Å². The van der Waals surface area contributed by atoms with E-state index in [9.17, 15) is 9.18 Å². The van der Waals surface area contributed by atoms with Gasteiger partial charge in [-0.15, -0.1) is 0 Å². The van der Waals surface area contributed by atoms with Gasteiger partial charge in [-0.05, 0) is 62.0 Å². The predicted octanol–water partition coefficient (Wildman–Crippen LogP) is 3.66. The van der Waals surface area contributed by atoms with Crippen LogP contribution in [-0.4, -0.2) is 17.1 Å². The van der Waals surface area contributed by atoms with Crippen LogP contribution in [0.15, 0.2) is 36.4 Å². The molecule has 7 heteroatoms. The Balaban J connectivity index is 1.69. The van der Waals surface area contributed by atoms with E-state index in [0.717, 1.165) is 0 Å². The largest absolute Gasteiger partial charge is 0.479 e. The third kappa shape index (κ3) is 3.46. The molecule has 0 spiro atoms. The molecule has 1 amide bonds. The van der Waals surface area contributed by atoms with Crippen molar-refractivity contribution >= 4 is 40.3 Å². The highest BCUT2D eigenvalue weighted by Gasteiger charge is 2.23. The van der Waals surface area contributed by atoms with Gasteiger partial charge in [0.2, 0.25) is 0 Å². The minimum atomic E-state index is -0.518. The fourth-order valence-corrected chi connectivity index (χ4v) is 2.49. The quantitative estimate of drug-likeness (QED) is 0.725. The number of halogens is 1. The molecule has 3 rings (SSSR count). The van der Waals surface area contributed by atoms with Crippen LogP contribution in [0.1, 0.15) is 12.5 Å². The van der Waals surface area contributed by atoms with Crippen LogP contribution in [0.2, 0.25) is 0 Å². The second-order valence-electron chi connectivity index (χ2n) is 5.50. The zero-order valence-electron chi connectivity index (χ0n) is 13.1. The first kappa shape index (κ1) is 16.2. The highest BCUT2D eigenvalue weighted by Crippen LogP contribution is 2.32. The summed E-state index contributed by atoms with van der Waals surface area (Å²) in [5, 5.41) is 8.99. The number of rotatable bonds is 2. The lowest BCUT2D eigenvalue weighted by molar-refractivity contribution is -0.122. The molecule has 0 unspecified atom stereocenters. The Hall–Kier alpha value is -2.67. The van der Waals surface area contributed by atoms with Gasteiger partial charge in [-0.2, -0.15) is 0 Å². The Morgan fingerprint density at radius 3 is 2.58 bits per heavy atom. The summed E-state index contributed by atoms with van der Waals surface area (Å²) >= 11 is 5.23. The average molecular weight is 345 g/mol. The first-order valence-electron chi connectivity index (χ1n) is 7.38. The van der Waals surface area contributed by atoms with Gasteiger partial charge in [0.15, 0.2) is 11.2 Å². The van der Waals surface area contributed by atoms with Gasteiger partial charge in [-0.25, -0.2) is 4.39 Å². The summed E-state index contributed by atoms with van der Waals surface area (Å²) in [6, 6.07) is 10.1. The number of aryl methyl sites for hydroxylation is 1. The first-order valence-corrected chi connectivity index (χ1v) is 7.79. The minimum absolute atomic E-state index is 0.199. The van der Waals surface area contributed by atoms with Gasteiger partial charge in [0.25, 0.3) is 5.91 Å². The van der Waals surface area contributed by atoms with Crippen molar-refractivity contribution in [2.45, 2.75) is 20.0 Å². The zero-order chi connectivity index (χ0) is 17.3. The monoisotopic (exact) mass is 345 g/mol. The van der Waals surface area contributed by atoms with Crippen molar-refractivity contribution in [1.29, 1.82) is 0 Å². The molecule has 1 aliphatic heterocycles. The molecule has 2 aromatic rings. The van der Waals surface area contributed by atoms with Crippen LogP contribution in [0, 0.1) is 12.7 Å². The maximum Gasteiger partial charge on any atom is 0.265 e. The second-order valence-corrected chi connectivity index (χ2v) is 5.91. The smallest absolute Gasteiger partial charge is 0.265 e. The molecule has 1 heterocycles. The van der Waals surface area contributed by atoms with Crippen molar-refractivity contribution in [2.75, 3.05) is 16.0 Å². The van der Waals surface area contributed by atoms with Crippen LogP contribution in [0.3, 0.4) is 0 Å². The fourth-order valence-electron chi connectivity index (χ4n) is 2.25. The molecule has 1 aliphatic rings. The predicted molar refractivity (Wildman–Crippen MR) is 96.1 cm³/mol. The number of fused-ring (bicyclic) bond motifs is 1. The molecule has 0 aromatic heterocycles. The van der Waals surface area contributed by atoms with E-state index in [1.165, 1.54) is 6.07 Å². The molecule has 0 saturated carbocycles. The molecule has 0 bridgehead atoms. The van der Waals surface area contributed by atoms with Crippen LogP contribution in [0.5, 0.6) is 5.75 Å². The van der Waals surface area contributed by atoms with Crippen molar-refractivity contribution < 1.29 is 13.9 Å². The normalized spacial score (nSPS) is 15.8. The number of amides is 1. The van der Waals surface area contributed by atoms with Crippen molar-refractivity contribution in [3.8, 4) is 5.75 Å². The van der Waals surface area contributed by atoms with Gasteiger partial charge in [0.1, 0.15) is 11.6 Å². The summed E-state index contributed by atoms with van der Waals surface area (Å²) in [7, 11) is 0. The van der Waals surface area contributed by atoms with E-state index in [4.69, 9.17) is 17.0 Å². The van der Waals surface area contributed by atoms with Crippen LogP contribution in [-0.2, 0) is 4.79 Å². The van der Waals surface area contributed by atoms with Gasteiger partial charge < -0.3 is 20.7 Å². The number of ether oxygens (including phenoxy) is 1. The standard InChI is InChI=1S/C17H16FN3O2S/c1-9-3-4-11(7-13(9)18)19-17(24)20-12-5-6-15-14(8-12)21-16(22)10(2)23-15/h3-8,10H,1-2H3,(H,21,22)(H2,19,20,24)/t10-/m1/s1. The SMILES string of the molecule is Cc1ccc(NC(=S)Nc2ccc3c(c2)NC(=O)[C@@H](C)O3)cc1F. The van der Waals surface area contributed by atoms with Crippen LogP contribution in [0.4, 0.5) is 21.5 Å². The molecule has 124 valence electrons. The van der Waals surface area contributed by atoms with Gasteiger partial charge >= 0.3 is 0 Å². The highest BCUT2D eigenvalue weighted by atomic mass is 32.1. The lowest BCUT2D eigenvalue weighted by Crippen LogP contribution is -2.34. The second kappa shape index (κ2) is 6.45. The van der Waals surface area contributed by atoms with Crippen LogP contribution >= 0.6 is 12.2 Å². The Kier molecular flexibility index (Phi) is 4.35.